The average molecular weight is 279 g/mol. The van der Waals surface area contributed by atoms with Gasteiger partial charge in [0.1, 0.15) is 5.75 Å². The van der Waals surface area contributed by atoms with Crippen molar-refractivity contribution in [2.24, 2.45) is 0 Å². The highest BCUT2D eigenvalue weighted by Gasteiger charge is 2.13. The van der Waals surface area contributed by atoms with Crippen LogP contribution in [0.15, 0.2) is 54.7 Å². The summed E-state index contributed by atoms with van der Waals surface area (Å²) in [6.45, 7) is 0. The molecule has 3 aromatic rings. The molecule has 0 radical (unpaired) electrons. The summed E-state index contributed by atoms with van der Waals surface area (Å²) in [6, 6.07) is 14.5. The third-order valence-electron chi connectivity index (χ3n) is 3.37. The van der Waals surface area contributed by atoms with Crippen LogP contribution in [0, 0.1) is 0 Å². The van der Waals surface area contributed by atoms with Crippen LogP contribution in [0.25, 0.3) is 22.0 Å². The van der Waals surface area contributed by atoms with Gasteiger partial charge in [0.05, 0.1) is 18.2 Å². The van der Waals surface area contributed by atoms with Gasteiger partial charge in [0.15, 0.2) is 0 Å². The van der Waals surface area contributed by atoms with Crippen molar-refractivity contribution >= 4 is 16.9 Å². The van der Waals surface area contributed by atoms with Crippen LogP contribution in [0.5, 0.6) is 5.75 Å². The maximum atomic E-state index is 11.2. The smallest absolute Gasteiger partial charge is 0.335 e. The second kappa shape index (κ2) is 5.25. The van der Waals surface area contributed by atoms with Crippen molar-refractivity contribution in [3.63, 3.8) is 0 Å². The Balaban J connectivity index is 2.31. The molecule has 2 aromatic carbocycles. The van der Waals surface area contributed by atoms with Crippen LogP contribution in [0.4, 0.5) is 0 Å². The summed E-state index contributed by atoms with van der Waals surface area (Å²) < 4.78 is 5.36. The molecule has 1 N–H and O–H groups in total. The molecule has 21 heavy (non-hydrogen) atoms. The zero-order valence-corrected chi connectivity index (χ0v) is 11.4. The Morgan fingerprint density at radius 2 is 1.90 bits per heavy atom. The molecule has 0 bridgehead atoms. The molecule has 1 aromatic heterocycles. The van der Waals surface area contributed by atoms with Crippen molar-refractivity contribution in [3.05, 3.63) is 60.3 Å². The first-order valence-corrected chi connectivity index (χ1v) is 6.46. The number of carboxylic acid groups (broad SMARTS) is 1. The zero-order valence-electron chi connectivity index (χ0n) is 11.4. The minimum Gasteiger partial charge on any atom is -0.496 e. The fourth-order valence-corrected chi connectivity index (χ4v) is 2.37. The summed E-state index contributed by atoms with van der Waals surface area (Å²) >= 11 is 0. The first-order chi connectivity index (χ1) is 10.2. The van der Waals surface area contributed by atoms with E-state index in [1.807, 2.05) is 30.3 Å². The van der Waals surface area contributed by atoms with Crippen LogP contribution in [-0.4, -0.2) is 23.2 Å². The number of nitrogens with zero attached hydrogens (tertiary/aromatic N) is 1. The van der Waals surface area contributed by atoms with Crippen molar-refractivity contribution in [3.8, 4) is 16.9 Å². The molecule has 0 amide bonds. The molecule has 0 fully saturated rings. The van der Waals surface area contributed by atoms with E-state index in [0.717, 1.165) is 22.0 Å². The fourth-order valence-electron chi connectivity index (χ4n) is 2.37. The maximum Gasteiger partial charge on any atom is 0.335 e. The Labute approximate surface area is 121 Å². The molecule has 4 nitrogen and oxygen atoms in total. The molecule has 104 valence electrons. The number of pyridine rings is 1. The Morgan fingerprint density at radius 3 is 2.67 bits per heavy atom. The lowest BCUT2D eigenvalue weighted by Crippen LogP contribution is -1.98. The highest BCUT2D eigenvalue weighted by Crippen LogP contribution is 2.34. The van der Waals surface area contributed by atoms with E-state index in [-0.39, 0.29) is 5.56 Å². The van der Waals surface area contributed by atoms with Gasteiger partial charge in [0.25, 0.3) is 0 Å². The number of aromatic carboxylic acids is 1. The molecule has 0 spiro atoms. The van der Waals surface area contributed by atoms with Gasteiger partial charge in [0.2, 0.25) is 0 Å². The maximum absolute atomic E-state index is 11.2. The molecule has 0 saturated heterocycles. The third kappa shape index (κ3) is 2.31. The second-order valence-corrected chi connectivity index (χ2v) is 4.60. The van der Waals surface area contributed by atoms with E-state index in [0.29, 0.717) is 5.75 Å². The number of methoxy groups -OCH3 is 1. The number of hydrogen-bond donors (Lipinski definition) is 1. The number of fused-ring (bicyclic) bond motifs is 1. The summed E-state index contributed by atoms with van der Waals surface area (Å²) in [5.74, 6) is -0.342. The first-order valence-electron chi connectivity index (χ1n) is 6.46. The molecular weight excluding hydrogens is 266 g/mol. The predicted molar refractivity (Wildman–Crippen MR) is 80.7 cm³/mol. The topological polar surface area (TPSA) is 59.4 Å². The monoisotopic (exact) mass is 279 g/mol. The van der Waals surface area contributed by atoms with E-state index < -0.39 is 5.97 Å². The molecule has 0 unspecified atom stereocenters. The van der Waals surface area contributed by atoms with Crippen molar-refractivity contribution in [2.45, 2.75) is 0 Å². The molecule has 1 heterocycles. The van der Waals surface area contributed by atoms with Crippen LogP contribution >= 0.6 is 0 Å². The third-order valence-corrected chi connectivity index (χ3v) is 3.37. The summed E-state index contributed by atoms with van der Waals surface area (Å²) in [5.41, 5.74) is 2.62. The number of para-hydroxylation sites is 1. The van der Waals surface area contributed by atoms with E-state index in [1.165, 1.54) is 6.07 Å². The molecule has 0 aliphatic rings. The number of rotatable bonds is 3. The highest BCUT2D eigenvalue weighted by atomic mass is 16.5. The largest absolute Gasteiger partial charge is 0.496 e. The van der Waals surface area contributed by atoms with Gasteiger partial charge >= 0.3 is 5.97 Å². The standard InChI is InChI=1S/C17H13NO3/c1-21-15-8-7-12(17(19)20)10-14(15)13-6-2-4-11-5-3-9-18-16(11)13/h2-10H,1H3,(H,19,20). The Bertz CT molecular complexity index is 822. The fraction of sp³-hybridized carbons (Fsp3) is 0.0588. The van der Waals surface area contributed by atoms with Gasteiger partial charge in [-0.3, -0.25) is 4.98 Å². The van der Waals surface area contributed by atoms with E-state index in [2.05, 4.69) is 4.98 Å². The minimum absolute atomic E-state index is 0.221. The van der Waals surface area contributed by atoms with Gasteiger partial charge in [-0.1, -0.05) is 24.3 Å². The van der Waals surface area contributed by atoms with Gasteiger partial charge in [-0.2, -0.15) is 0 Å². The normalized spacial score (nSPS) is 10.5. The molecule has 0 aliphatic carbocycles. The van der Waals surface area contributed by atoms with Crippen LogP contribution in [-0.2, 0) is 0 Å². The summed E-state index contributed by atoms with van der Waals surface area (Å²) in [6.07, 6.45) is 1.72. The summed E-state index contributed by atoms with van der Waals surface area (Å²) in [7, 11) is 1.57. The van der Waals surface area contributed by atoms with Gasteiger partial charge in [-0.15, -0.1) is 0 Å². The van der Waals surface area contributed by atoms with Crippen LogP contribution in [0.1, 0.15) is 10.4 Å². The van der Waals surface area contributed by atoms with E-state index in [4.69, 9.17) is 4.74 Å². The highest BCUT2D eigenvalue weighted by molar-refractivity contribution is 5.97. The lowest BCUT2D eigenvalue weighted by molar-refractivity contribution is 0.0697. The van der Waals surface area contributed by atoms with Crippen LogP contribution in [0.2, 0.25) is 0 Å². The number of carboxylic acids is 1. The minimum atomic E-state index is -0.966. The molecule has 0 saturated carbocycles. The van der Waals surface area contributed by atoms with Gasteiger partial charge < -0.3 is 9.84 Å². The number of carbonyl (C=O) groups is 1. The van der Waals surface area contributed by atoms with E-state index >= 15 is 0 Å². The lowest BCUT2D eigenvalue weighted by atomic mass is 9.99. The number of aromatic nitrogens is 1. The first kappa shape index (κ1) is 13.1. The quantitative estimate of drug-likeness (QED) is 0.795. The van der Waals surface area contributed by atoms with Crippen LogP contribution in [0.3, 0.4) is 0 Å². The van der Waals surface area contributed by atoms with E-state index in [1.54, 1.807) is 25.4 Å². The Morgan fingerprint density at radius 1 is 1.10 bits per heavy atom. The summed E-state index contributed by atoms with van der Waals surface area (Å²) in [4.78, 5) is 15.6. The molecular formula is C17H13NO3. The van der Waals surface area contributed by atoms with Gasteiger partial charge in [-0.25, -0.2) is 4.79 Å². The SMILES string of the molecule is COc1ccc(C(=O)O)cc1-c1cccc2cccnc12. The summed E-state index contributed by atoms with van der Waals surface area (Å²) in [5, 5.41) is 10.2. The number of benzene rings is 2. The molecule has 4 heteroatoms. The van der Waals surface area contributed by atoms with Crippen molar-refractivity contribution in [1.82, 2.24) is 4.98 Å². The van der Waals surface area contributed by atoms with Crippen molar-refractivity contribution in [1.29, 1.82) is 0 Å². The number of ether oxygens (including phenoxy) is 1. The second-order valence-electron chi connectivity index (χ2n) is 4.60. The molecule has 3 rings (SSSR count). The Hall–Kier alpha value is -2.88. The van der Waals surface area contributed by atoms with Crippen molar-refractivity contribution < 1.29 is 14.6 Å². The number of hydrogen-bond acceptors (Lipinski definition) is 3. The van der Waals surface area contributed by atoms with E-state index in [9.17, 15) is 9.90 Å². The predicted octanol–water partition coefficient (Wildman–Crippen LogP) is 3.61. The Kier molecular flexibility index (Phi) is 3.28. The lowest BCUT2D eigenvalue weighted by Gasteiger charge is -2.11. The molecule has 0 atom stereocenters. The van der Waals surface area contributed by atoms with Gasteiger partial charge in [0, 0.05) is 22.7 Å². The van der Waals surface area contributed by atoms with Crippen molar-refractivity contribution in [2.75, 3.05) is 7.11 Å². The zero-order chi connectivity index (χ0) is 14.8. The average Bonchev–Trinajstić information content (AvgIpc) is 2.53. The molecule has 0 aliphatic heterocycles. The van der Waals surface area contributed by atoms with Crippen LogP contribution < -0.4 is 4.74 Å². The van der Waals surface area contributed by atoms with Gasteiger partial charge in [-0.05, 0) is 24.3 Å².